The van der Waals surface area contributed by atoms with Crippen molar-refractivity contribution in [2.45, 2.75) is 6.92 Å². The van der Waals surface area contributed by atoms with Gasteiger partial charge in [0.2, 0.25) is 0 Å². The molecule has 0 amide bonds. The van der Waals surface area contributed by atoms with Gasteiger partial charge >= 0.3 is 0 Å². The molecule has 190 valence electrons. The maximum Gasteiger partial charge on any atom is 0.183 e. The first-order chi connectivity index (χ1) is 19.8. The van der Waals surface area contributed by atoms with Gasteiger partial charge in [-0.3, -0.25) is 9.13 Å². The average molecular weight is 516 g/mol. The molecule has 0 radical (unpaired) electrons. The quantitative estimate of drug-likeness (QED) is 0.234. The van der Waals surface area contributed by atoms with Gasteiger partial charge in [0.1, 0.15) is 11.4 Å². The summed E-state index contributed by atoms with van der Waals surface area (Å²) in [5.41, 5.74) is 6.98. The van der Waals surface area contributed by atoms with Crippen LogP contribution in [0.3, 0.4) is 0 Å². The maximum atomic E-state index is 6.57. The Morgan fingerprint density at radius 2 is 1.25 bits per heavy atom. The molecule has 0 aliphatic carbocycles. The van der Waals surface area contributed by atoms with E-state index in [1.165, 1.54) is 10.8 Å². The topological polar surface area (TPSA) is 35.9 Å². The van der Waals surface area contributed by atoms with Gasteiger partial charge in [-0.1, -0.05) is 91.5 Å². The van der Waals surface area contributed by atoms with Crippen LogP contribution in [0.2, 0.25) is 0 Å². The Labute approximate surface area is 230 Å². The lowest BCUT2D eigenvalue weighted by Crippen LogP contribution is -2.05. The van der Waals surface area contributed by atoms with Gasteiger partial charge in [-0.05, 0) is 43.3 Å². The Bertz CT molecular complexity index is 2260. The molecule has 0 atom stereocenters. The van der Waals surface area contributed by atoms with E-state index in [0.29, 0.717) is 0 Å². The van der Waals surface area contributed by atoms with Gasteiger partial charge in [-0.15, -0.1) is 0 Å². The van der Waals surface area contributed by atoms with E-state index >= 15 is 0 Å². The van der Waals surface area contributed by atoms with Crippen molar-refractivity contribution in [3.05, 3.63) is 127 Å². The van der Waals surface area contributed by atoms with Crippen LogP contribution in [0.5, 0.6) is 0 Å². The largest absolute Gasteiger partial charge is 0.452 e. The third-order valence-electron chi connectivity index (χ3n) is 7.83. The van der Waals surface area contributed by atoms with Crippen molar-refractivity contribution >= 4 is 66.8 Å². The summed E-state index contributed by atoms with van der Waals surface area (Å²) in [6.07, 6.45) is 6.12. The minimum absolute atomic E-state index is 0.753. The van der Waals surface area contributed by atoms with Crippen LogP contribution in [-0.2, 0) is 0 Å². The average Bonchev–Trinajstić information content (AvgIpc) is 3.64. The number of furan rings is 1. The lowest BCUT2D eigenvalue weighted by molar-refractivity contribution is 0.662. The predicted molar refractivity (Wildman–Crippen MR) is 167 cm³/mol. The van der Waals surface area contributed by atoms with Crippen molar-refractivity contribution in [1.82, 2.24) is 14.1 Å². The molecule has 4 heterocycles. The molecule has 0 saturated carbocycles. The molecule has 0 N–H and O–H groups in total. The van der Waals surface area contributed by atoms with E-state index < -0.39 is 0 Å². The fraction of sp³-hybridized carbons (Fsp3) is 0.0278. The summed E-state index contributed by atoms with van der Waals surface area (Å²) in [5.74, 6) is 1.60. The first kappa shape index (κ1) is 22.6. The zero-order chi connectivity index (χ0) is 26.8. The number of benzene rings is 4. The van der Waals surface area contributed by atoms with Crippen LogP contribution in [-0.4, -0.2) is 14.1 Å². The number of allylic oxidation sites excluding steroid dienone is 1. The van der Waals surface area contributed by atoms with Crippen LogP contribution in [0.25, 0.3) is 78.4 Å². The molecule has 4 nitrogen and oxygen atoms in total. The summed E-state index contributed by atoms with van der Waals surface area (Å²) >= 11 is 0. The smallest absolute Gasteiger partial charge is 0.183 e. The molecule has 8 rings (SSSR count). The minimum atomic E-state index is 0.753. The van der Waals surface area contributed by atoms with Crippen LogP contribution in [0, 0.1) is 0 Å². The first-order valence-electron chi connectivity index (χ1n) is 13.5. The van der Waals surface area contributed by atoms with Crippen LogP contribution >= 0.6 is 0 Å². The highest BCUT2D eigenvalue weighted by molar-refractivity contribution is 6.11. The molecule has 0 spiro atoms. The van der Waals surface area contributed by atoms with Crippen molar-refractivity contribution in [3.8, 4) is 11.6 Å². The first-order valence-corrected chi connectivity index (χ1v) is 13.5. The number of nitrogens with zero attached hydrogens (tertiary/aromatic N) is 3. The number of hydrogen-bond acceptors (Lipinski definition) is 2. The Kier molecular flexibility index (Phi) is 4.85. The van der Waals surface area contributed by atoms with Crippen molar-refractivity contribution in [3.63, 3.8) is 0 Å². The zero-order valence-corrected chi connectivity index (χ0v) is 22.0. The second-order valence-electron chi connectivity index (χ2n) is 10.0. The number of hydrogen-bond donors (Lipinski definition) is 0. The number of fused-ring (bicyclic) bond motifs is 7. The van der Waals surface area contributed by atoms with E-state index in [4.69, 9.17) is 9.40 Å². The molecular formula is C36H25N3O. The molecule has 0 bridgehead atoms. The van der Waals surface area contributed by atoms with Crippen LogP contribution in [0.4, 0.5) is 0 Å². The van der Waals surface area contributed by atoms with E-state index in [2.05, 4.69) is 119 Å². The molecule has 4 aromatic heterocycles. The van der Waals surface area contributed by atoms with E-state index in [1.807, 2.05) is 25.1 Å². The number of aromatic nitrogens is 3. The minimum Gasteiger partial charge on any atom is -0.452 e. The summed E-state index contributed by atoms with van der Waals surface area (Å²) in [6.45, 7) is 6.19. The molecular weight excluding hydrogens is 490 g/mol. The molecule has 40 heavy (non-hydrogen) atoms. The van der Waals surface area contributed by atoms with Gasteiger partial charge in [-0.2, -0.15) is 0 Å². The maximum absolute atomic E-state index is 6.57. The molecule has 0 aliphatic heterocycles. The van der Waals surface area contributed by atoms with Gasteiger partial charge in [0.05, 0.1) is 22.2 Å². The van der Waals surface area contributed by atoms with Gasteiger partial charge in [0.25, 0.3) is 0 Å². The Morgan fingerprint density at radius 3 is 1.90 bits per heavy atom. The van der Waals surface area contributed by atoms with Gasteiger partial charge < -0.3 is 4.42 Å². The van der Waals surface area contributed by atoms with Crippen molar-refractivity contribution < 1.29 is 4.42 Å². The number of para-hydroxylation sites is 4. The van der Waals surface area contributed by atoms with E-state index in [0.717, 1.165) is 66.8 Å². The molecule has 4 heteroatoms. The Hall–Kier alpha value is -5.35. The van der Waals surface area contributed by atoms with Crippen molar-refractivity contribution in [2.24, 2.45) is 0 Å². The van der Waals surface area contributed by atoms with E-state index in [9.17, 15) is 0 Å². The van der Waals surface area contributed by atoms with Crippen LogP contribution in [0.1, 0.15) is 18.2 Å². The standard InChI is InChI=1S/C36H25N3O/c1-3-13-29-23(4-2)24-14-5-11-20-32(24)39(29)36-35-28(27-17-8-12-21-33(27)40-35)22-34(37-36)38-30-18-9-6-15-25(30)26-16-7-10-19-31(26)38/h3-22H,2H2,1H3/b13-3-. The van der Waals surface area contributed by atoms with Crippen molar-refractivity contribution in [2.75, 3.05) is 0 Å². The third-order valence-corrected chi connectivity index (χ3v) is 7.83. The molecule has 0 saturated heterocycles. The third kappa shape index (κ3) is 3.04. The molecule has 0 fully saturated rings. The molecule has 0 aliphatic rings. The predicted octanol–water partition coefficient (Wildman–Crippen LogP) is 9.70. The molecule has 4 aromatic carbocycles. The fourth-order valence-electron chi connectivity index (χ4n) is 6.18. The van der Waals surface area contributed by atoms with Crippen LogP contribution < -0.4 is 0 Å². The Balaban J connectivity index is 1.59. The van der Waals surface area contributed by atoms with E-state index in [-0.39, 0.29) is 0 Å². The Morgan fingerprint density at radius 1 is 0.675 bits per heavy atom. The second-order valence-corrected chi connectivity index (χ2v) is 10.0. The highest BCUT2D eigenvalue weighted by Crippen LogP contribution is 2.39. The second kappa shape index (κ2) is 8.58. The lowest BCUT2D eigenvalue weighted by atomic mass is 10.1. The summed E-state index contributed by atoms with van der Waals surface area (Å²) in [7, 11) is 0. The summed E-state index contributed by atoms with van der Waals surface area (Å²) in [5, 5.41) is 5.62. The number of pyridine rings is 1. The lowest BCUT2D eigenvalue weighted by Gasteiger charge is -2.13. The summed E-state index contributed by atoms with van der Waals surface area (Å²) in [6, 6.07) is 35.9. The SMILES string of the molecule is C=Cc1c(/C=C\C)n(-c2nc(-n3c4ccccc4c4ccccc43)cc3c2oc2ccccc23)c2ccccc12. The summed E-state index contributed by atoms with van der Waals surface area (Å²) in [4.78, 5) is 5.41. The monoisotopic (exact) mass is 515 g/mol. The highest BCUT2D eigenvalue weighted by atomic mass is 16.3. The number of rotatable bonds is 4. The van der Waals surface area contributed by atoms with Gasteiger partial charge in [0, 0.05) is 32.5 Å². The fourth-order valence-corrected chi connectivity index (χ4v) is 6.18. The van der Waals surface area contributed by atoms with Gasteiger partial charge in [0.15, 0.2) is 11.4 Å². The summed E-state index contributed by atoms with van der Waals surface area (Å²) < 4.78 is 11.1. The highest BCUT2D eigenvalue weighted by Gasteiger charge is 2.23. The van der Waals surface area contributed by atoms with Crippen molar-refractivity contribution in [1.29, 1.82) is 0 Å². The van der Waals surface area contributed by atoms with Gasteiger partial charge in [-0.25, -0.2) is 4.98 Å². The van der Waals surface area contributed by atoms with Crippen LogP contribution in [0.15, 0.2) is 120 Å². The zero-order valence-electron chi connectivity index (χ0n) is 22.0. The molecule has 8 aromatic rings. The normalized spacial score (nSPS) is 12.1. The molecule has 0 unspecified atom stereocenters. The van der Waals surface area contributed by atoms with E-state index in [1.54, 1.807) is 0 Å².